The molecule has 0 spiro atoms. The molecule has 3 aromatic rings. The van der Waals surface area contributed by atoms with Crippen LogP contribution in [0.4, 0.5) is 0 Å². The zero-order chi connectivity index (χ0) is 15.5. The lowest BCUT2D eigenvalue weighted by Gasteiger charge is -1.98. The predicted octanol–water partition coefficient (Wildman–Crippen LogP) is 2.83. The van der Waals surface area contributed by atoms with Gasteiger partial charge in [-0.25, -0.2) is 4.98 Å². The Morgan fingerprint density at radius 1 is 1.27 bits per heavy atom. The SMILES string of the molecule is N#Cc1ccc(CSc2nc3c(C(N)=O)cccc3[nH]2)cc1. The molecule has 5 nitrogen and oxygen atoms in total. The standard InChI is InChI=1S/C16H12N4OS/c17-8-10-4-6-11(7-5-10)9-22-16-19-13-3-1-2-12(15(18)21)14(13)20-16/h1-7H,9H2,(H2,18,21)(H,19,20). The van der Waals surface area contributed by atoms with E-state index in [1.165, 1.54) is 11.8 Å². The maximum Gasteiger partial charge on any atom is 0.250 e. The summed E-state index contributed by atoms with van der Waals surface area (Å²) in [4.78, 5) is 19.0. The lowest BCUT2D eigenvalue weighted by molar-refractivity contribution is 0.100. The molecule has 1 amide bonds. The highest BCUT2D eigenvalue weighted by Crippen LogP contribution is 2.24. The molecule has 0 aliphatic heterocycles. The summed E-state index contributed by atoms with van der Waals surface area (Å²) in [6.07, 6.45) is 0. The molecule has 0 fully saturated rings. The highest BCUT2D eigenvalue weighted by Gasteiger charge is 2.11. The second-order valence-electron chi connectivity index (χ2n) is 4.71. The summed E-state index contributed by atoms with van der Waals surface area (Å²) in [6.45, 7) is 0. The zero-order valence-corrected chi connectivity index (χ0v) is 12.4. The normalized spacial score (nSPS) is 10.5. The first-order chi connectivity index (χ1) is 10.7. The van der Waals surface area contributed by atoms with Crippen molar-refractivity contribution < 1.29 is 4.79 Å². The molecule has 0 saturated heterocycles. The third-order valence-corrected chi connectivity index (χ3v) is 4.16. The number of H-pyrrole nitrogens is 1. The summed E-state index contributed by atoms with van der Waals surface area (Å²) in [7, 11) is 0. The Labute approximate surface area is 131 Å². The number of primary amides is 1. The molecule has 0 unspecified atom stereocenters. The van der Waals surface area contributed by atoms with E-state index in [2.05, 4.69) is 16.0 Å². The van der Waals surface area contributed by atoms with E-state index in [0.29, 0.717) is 16.6 Å². The fourth-order valence-electron chi connectivity index (χ4n) is 2.10. The highest BCUT2D eigenvalue weighted by atomic mass is 32.2. The van der Waals surface area contributed by atoms with Gasteiger partial charge in [0.25, 0.3) is 5.91 Å². The van der Waals surface area contributed by atoms with E-state index in [-0.39, 0.29) is 0 Å². The van der Waals surface area contributed by atoms with Crippen molar-refractivity contribution in [3.8, 4) is 6.07 Å². The van der Waals surface area contributed by atoms with Crippen LogP contribution >= 0.6 is 11.8 Å². The molecule has 3 rings (SSSR count). The number of hydrogen-bond acceptors (Lipinski definition) is 4. The molecular weight excluding hydrogens is 296 g/mol. The topological polar surface area (TPSA) is 95.6 Å². The minimum Gasteiger partial charge on any atom is -0.366 e. The number of carbonyl (C=O) groups is 1. The van der Waals surface area contributed by atoms with Crippen molar-refractivity contribution >= 4 is 28.7 Å². The number of aromatic amines is 1. The zero-order valence-electron chi connectivity index (χ0n) is 11.5. The van der Waals surface area contributed by atoms with Gasteiger partial charge in [-0.05, 0) is 29.8 Å². The van der Waals surface area contributed by atoms with E-state index >= 15 is 0 Å². The van der Waals surface area contributed by atoms with Gasteiger partial charge in [-0.1, -0.05) is 30.0 Å². The van der Waals surface area contributed by atoms with E-state index < -0.39 is 5.91 Å². The average molecular weight is 308 g/mol. The van der Waals surface area contributed by atoms with Crippen molar-refractivity contribution in [2.24, 2.45) is 5.73 Å². The number of rotatable bonds is 4. The van der Waals surface area contributed by atoms with Crippen molar-refractivity contribution in [3.63, 3.8) is 0 Å². The molecule has 22 heavy (non-hydrogen) atoms. The lowest BCUT2D eigenvalue weighted by atomic mass is 10.2. The molecule has 3 N–H and O–H groups in total. The maximum absolute atomic E-state index is 11.4. The molecular formula is C16H12N4OS. The molecule has 1 heterocycles. The Kier molecular flexibility index (Phi) is 3.81. The third-order valence-electron chi connectivity index (χ3n) is 3.22. The third kappa shape index (κ3) is 2.80. The second kappa shape index (κ2) is 5.92. The van der Waals surface area contributed by atoms with Crippen LogP contribution in [0.25, 0.3) is 11.0 Å². The van der Waals surface area contributed by atoms with Crippen LogP contribution in [0.2, 0.25) is 0 Å². The van der Waals surface area contributed by atoms with Crippen LogP contribution in [-0.4, -0.2) is 15.9 Å². The lowest BCUT2D eigenvalue weighted by Crippen LogP contribution is -2.11. The van der Waals surface area contributed by atoms with Crippen molar-refractivity contribution in [3.05, 3.63) is 59.2 Å². The van der Waals surface area contributed by atoms with Crippen LogP contribution in [0.1, 0.15) is 21.5 Å². The predicted molar refractivity (Wildman–Crippen MR) is 85.3 cm³/mol. The number of nitrogens with zero attached hydrogens (tertiary/aromatic N) is 2. The quantitative estimate of drug-likeness (QED) is 0.724. The number of fused-ring (bicyclic) bond motifs is 1. The van der Waals surface area contributed by atoms with Crippen LogP contribution in [0.3, 0.4) is 0 Å². The smallest absolute Gasteiger partial charge is 0.250 e. The van der Waals surface area contributed by atoms with Gasteiger partial charge in [-0.15, -0.1) is 0 Å². The van der Waals surface area contributed by atoms with Crippen LogP contribution in [-0.2, 0) is 5.75 Å². The number of carbonyl (C=O) groups excluding carboxylic acids is 1. The summed E-state index contributed by atoms with van der Waals surface area (Å²) < 4.78 is 0. The largest absolute Gasteiger partial charge is 0.366 e. The number of hydrogen-bond donors (Lipinski definition) is 2. The van der Waals surface area contributed by atoms with Crippen LogP contribution in [0.5, 0.6) is 0 Å². The Hall–Kier alpha value is -2.78. The highest BCUT2D eigenvalue weighted by molar-refractivity contribution is 7.98. The molecule has 0 saturated carbocycles. The second-order valence-corrected chi connectivity index (χ2v) is 5.67. The van der Waals surface area contributed by atoms with E-state index in [4.69, 9.17) is 11.0 Å². The number of nitrogens with one attached hydrogen (secondary N) is 1. The molecule has 6 heteroatoms. The molecule has 0 atom stereocenters. The van der Waals surface area contributed by atoms with Gasteiger partial charge in [0.15, 0.2) is 5.16 Å². The van der Waals surface area contributed by atoms with Gasteiger partial charge in [0.05, 0.1) is 22.7 Å². The number of thioether (sulfide) groups is 1. The van der Waals surface area contributed by atoms with Gasteiger partial charge in [0, 0.05) is 5.75 Å². The Morgan fingerprint density at radius 2 is 2.05 bits per heavy atom. The van der Waals surface area contributed by atoms with Crippen LogP contribution in [0, 0.1) is 11.3 Å². The van der Waals surface area contributed by atoms with E-state index in [0.717, 1.165) is 22.0 Å². The summed E-state index contributed by atoms with van der Waals surface area (Å²) in [6, 6.07) is 14.8. The Balaban J connectivity index is 1.81. The number of aromatic nitrogens is 2. The number of nitrogens with two attached hydrogens (primary N) is 1. The Bertz CT molecular complexity index is 877. The summed E-state index contributed by atoms with van der Waals surface area (Å²) in [5.74, 6) is 0.234. The van der Waals surface area contributed by atoms with Gasteiger partial charge in [-0.3, -0.25) is 4.79 Å². The maximum atomic E-state index is 11.4. The van der Waals surface area contributed by atoms with Gasteiger partial charge in [0.1, 0.15) is 5.52 Å². The molecule has 0 aliphatic carbocycles. The van der Waals surface area contributed by atoms with Gasteiger partial charge < -0.3 is 10.7 Å². The summed E-state index contributed by atoms with van der Waals surface area (Å²) >= 11 is 1.53. The average Bonchev–Trinajstić information content (AvgIpc) is 2.96. The summed E-state index contributed by atoms with van der Waals surface area (Å²) in [5, 5.41) is 9.51. The minimum absolute atomic E-state index is 0.416. The van der Waals surface area contributed by atoms with Crippen molar-refractivity contribution in [2.45, 2.75) is 10.9 Å². The number of benzene rings is 2. The number of imidazole rings is 1. The Morgan fingerprint density at radius 3 is 2.73 bits per heavy atom. The molecule has 1 aromatic heterocycles. The van der Waals surface area contributed by atoms with Crippen molar-refractivity contribution in [2.75, 3.05) is 0 Å². The first-order valence-electron chi connectivity index (χ1n) is 6.58. The first kappa shape index (κ1) is 14.2. The van der Waals surface area contributed by atoms with Crippen LogP contribution in [0.15, 0.2) is 47.6 Å². The number of nitriles is 1. The van der Waals surface area contributed by atoms with Crippen molar-refractivity contribution in [1.29, 1.82) is 5.26 Å². The van der Waals surface area contributed by atoms with E-state index in [9.17, 15) is 4.79 Å². The number of amides is 1. The molecule has 0 radical (unpaired) electrons. The molecule has 108 valence electrons. The van der Waals surface area contributed by atoms with Crippen LogP contribution < -0.4 is 5.73 Å². The number of para-hydroxylation sites is 1. The molecule has 0 aliphatic rings. The summed E-state index contributed by atoms with van der Waals surface area (Å²) in [5.41, 5.74) is 8.90. The van der Waals surface area contributed by atoms with E-state index in [1.807, 2.05) is 18.2 Å². The van der Waals surface area contributed by atoms with E-state index in [1.54, 1.807) is 24.3 Å². The van der Waals surface area contributed by atoms with Crippen molar-refractivity contribution in [1.82, 2.24) is 9.97 Å². The fraction of sp³-hybridized carbons (Fsp3) is 0.0625. The van der Waals surface area contributed by atoms with Gasteiger partial charge >= 0.3 is 0 Å². The van der Waals surface area contributed by atoms with Gasteiger partial charge in [-0.2, -0.15) is 5.26 Å². The fourth-order valence-corrected chi connectivity index (χ4v) is 2.94. The minimum atomic E-state index is -0.485. The monoisotopic (exact) mass is 308 g/mol. The molecule has 0 bridgehead atoms. The first-order valence-corrected chi connectivity index (χ1v) is 7.56. The molecule has 2 aromatic carbocycles. The van der Waals surface area contributed by atoms with Gasteiger partial charge in [0.2, 0.25) is 0 Å².